The fourth-order valence-electron chi connectivity index (χ4n) is 4.43. The molecule has 0 aliphatic rings. The molecule has 3 heteroatoms. The largest absolute Gasteiger partial charge is 0.311 e. The summed E-state index contributed by atoms with van der Waals surface area (Å²) in [5.74, 6) is 0.708. The van der Waals surface area contributed by atoms with Crippen LogP contribution in [0.5, 0.6) is 0 Å². The summed E-state index contributed by atoms with van der Waals surface area (Å²) in [5, 5.41) is 1.05. The minimum absolute atomic E-state index is 0.708. The van der Waals surface area contributed by atoms with Crippen LogP contribution in [0.15, 0.2) is 140 Å². The van der Waals surface area contributed by atoms with Crippen molar-refractivity contribution in [2.75, 3.05) is 4.90 Å². The van der Waals surface area contributed by atoms with Crippen molar-refractivity contribution in [1.29, 1.82) is 0 Å². The number of hydrogen-bond donors (Lipinski definition) is 0. The van der Waals surface area contributed by atoms with Crippen molar-refractivity contribution in [3.8, 4) is 11.1 Å². The minimum Gasteiger partial charge on any atom is -0.311 e. The van der Waals surface area contributed by atoms with Gasteiger partial charge in [-0.3, -0.25) is 0 Å². The van der Waals surface area contributed by atoms with Crippen LogP contribution >= 0.6 is 0 Å². The molecule has 5 aromatic carbocycles. The van der Waals surface area contributed by atoms with E-state index in [9.17, 15) is 0 Å². The Morgan fingerprint density at radius 3 is 1.68 bits per heavy atom. The highest BCUT2D eigenvalue weighted by atomic mass is 15.1. The van der Waals surface area contributed by atoms with Gasteiger partial charge < -0.3 is 4.90 Å². The summed E-state index contributed by atoms with van der Waals surface area (Å²) >= 11 is 0. The number of para-hydroxylation sites is 3. The van der Waals surface area contributed by atoms with Crippen LogP contribution in [-0.4, -0.2) is 9.97 Å². The van der Waals surface area contributed by atoms with E-state index in [0.717, 1.165) is 33.5 Å². The highest BCUT2D eigenvalue weighted by molar-refractivity contribution is 5.80. The first-order chi connectivity index (χ1) is 18.3. The van der Waals surface area contributed by atoms with Crippen molar-refractivity contribution in [3.05, 3.63) is 151 Å². The number of hydrogen-bond acceptors (Lipinski definition) is 3. The maximum Gasteiger partial charge on any atom is 0.152 e. The molecule has 6 aromatic rings. The molecule has 37 heavy (non-hydrogen) atoms. The molecule has 0 amide bonds. The Kier molecular flexibility index (Phi) is 6.25. The SMILES string of the molecule is C(=C\c1ncc2ccccc2n1)/c1ccc(-c2ccc(N(c3ccccc3)c3ccccc3)cc2)cc1. The lowest BCUT2D eigenvalue weighted by Crippen LogP contribution is -2.09. The zero-order valence-corrected chi connectivity index (χ0v) is 20.3. The number of fused-ring (bicyclic) bond motifs is 1. The molecule has 0 N–H and O–H groups in total. The lowest BCUT2D eigenvalue weighted by atomic mass is 10.0. The van der Waals surface area contributed by atoms with E-state index in [4.69, 9.17) is 0 Å². The van der Waals surface area contributed by atoms with Gasteiger partial charge in [0, 0.05) is 28.6 Å². The molecule has 0 atom stereocenters. The molecule has 0 bridgehead atoms. The van der Waals surface area contributed by atoms with Gasteiger partial charge in [-0.2, -0.15) is 0 Å². The van der Waals surface area contributed by atoms with Crippen LogP contribution in [0.2, 0.25) is 0 Å². The number of benzene rings is 5. The molecule has 0 radical (unpaired) electrons. The molecular weight excluding hydrogens is 450 g/mol. The number of rotatable bonds is 6. The molecule has 0 saturated heterocycles. The van der Waals surface area contributed by atoms with E-state index in [2.05, 4.69) is 118 Å². The second kappa shape index (κ2) is 10.3. The Bertz CT molecular complexity index is 1600. The van der Waals surface area contributed by atoms with E-state index >= 15 is 0 Å². The van der Waals surface area contributed by atoms with Gasteiger partial charge in [-0.1, -0.05) is 97.1 Å². The van der Waals surface area contributed by atoms with E-state index in [1.165, 1.54) is 11.1 Å². The maximum absolute atomic E-state index is 4.62. The molecule has 0 saturated carbocycles. The molecule has 1 aromatic heterocycles. The summed E-state index contributed by atoms with van der Waals surface area (Å²) in [5.41, 5.74) is 7.80. The van der Waals surface area contributed by atoms with E-state index in [1.54, 1.807) is 0 Å². The third-order valence-electron chi connectivity index (χ3n) is 6.33. The Labute approximate surface area is 217 Å². The third kappa shape index (κ3) is 5.02. The van der Waals surface area contributed by atoms with Crippen LogP contribution < -0.4 is 4.90 Å². The Hall–Kier alpha value is -5.02. The predicted octanol–water partition coefficient (Wildman–Crippen LogP) is 8.94. The van der Waals surface area contributed by atoms with Crippen LogP contribution in [0, 0.1) is 0 Å². The summed E-state index contributed by atoms with van der Waals surface area (Å²) in [6.45, 7) is 0. The minimum atomic E-state index is 0.708. The van der Waals surface area contributed by atoms with E-state index in [-0.39, 0.29) is 0 Å². The van der Waals surface area contributed by atoms with E-state index in [0.29, 0.717) is 5.82 Å². The zero-order valence-electron chi connectivity index (χ0n) is 20.3. The molecule has 0 spiro atoms. The molecule has 176 valence electrons. The van der Waals surface area contributed by atoms with Gasteiger partial charge >= 0.3 is 0 Å². The molecule has 0 aliphatic carbocycles. The van der Waals surface area contributed by atoms with Gasteiger partial charge in [0.05, 0.1) is 5.52 Å². The molecule has 0 aliphatic heterocycles. The molecule has 0 fully saturated rings. The average Bonchev–Trinajstić information content (AvgIpc) is 2.98. The van der Waals surface area contributed by atoms with Crippen LogP contribution in [0.25, 0.3) is 34.2 Å². The van der Waals surface area contributed by atoms with Gasteiger partial charge in [0.15, 0.2) is 5.82 Å². The van der Waals surface area contributed by atoms with Crippen LogP contribution in [0.3, 0.4) is 0 Å². The Morgan fingerprint density at radius 1 is 0.486 bits per heavy atom. The normalized spacial score (nSPS) is 11.1. The maximum atomic E-state index is 4.62. The highest BCUT2D eigenvalue weighted by Gasteiger charge is 2.11. The van der Waals surface area contributed by atoms with E-state index < -0.39 is 0 Å². The van der Waals surface area contributed by atoms with Crippen molar-refractivity contribution in [2.24, 2.45) is 0 Å². The van der Waals surface area contributed by atoms with Gasteiger partial charge in [0.1, 0.15) is 0 Å². The van der Waals surface area contributed by atoms with Crippen molar-refractivity contribution < 1.29 is 0 Å². The number of anilines is 3. The van der Waals surface area contributed by atoms with Gasteiger partial charge in [-0.15, -0.1) is 0 Å². The molecular formula is C34H25N3. The average molecular weight is 476 g/mol. The highest BCUT2D eigenvalue weighted by Crippen LogP contribution is 2.35. The standard InChI is InChI=1S/C34H25N3/c1-3-10-30(11-4-1)37(31-12-5-2-6-13-31)32-22-20-28(21-23-32)27-18-15-26(16-19-27)17-24-34-35-25-29-9-7-8-14-33(29)36-34/h1-25H/b24-17+. The summed E-state index contributed by atoms with van der Waals surface area (Å²) in [7, 11) is 0. The number of nitrogens with zero attached hydrogens (tertiary/aromatic N) is 3. The van der Waals surface area contributed by atoms with Crippen molar-refractivity contribution in [3.63, 3.8) is 0 Å². The Balaban J connectivity index is 1.22. The van der Waals surface area contributed by atoms with Crippen LogP contribution in [0.4, 0.5) is 17.1 Å². The van der Waals surface area contributed by atoms with E-state index in [1.807, 2.05) is 48.7 Å². The van der Waals surface area contributed by atoms with Gasteiger partial charge in [-0.25, -0.2) is 9.97 Å². The lowest BCUT2D eigenvalue weighted by Gasteiger charge is -2.25. The third-order valence-corrected chi connectivity index (χ3v) is 6.33. The van der Waals surface area contributed by atoms with Gasteiger partial charge in [-0.05, 0) is 65.2 Å². The summed E-state index contributed by atoms with van der Waals surface area (Å²) in [6.07, 6.45) is 5.87. The van der Waals surface area contributed by atoms with Gasteiger partial charge in [0.25, 0.3) is 0 Å². The molecule has 1 heterocycles. The second-order valence-corrected chi connectivity index (χ2v) is 8.80. The topological polar surface area (TPSA) is 29.0 Å². The van der Waals surface area contributed by atoms with Crippen molar-refractivity contribution in [1.82, 2.24) is 9.97 Å². The first-order valence-corrected chi connectivity index (χ1v) is 12.3. The molecule has 3 nitrogen and oxygen atoms in total. The van der Waals surface area contributed by atoms with Crippen LogP contribution in [0.1, 0.15) is 11.4 Å². The second-order valence-electron chi connectivity index (χ2n) is 8.80. The van der Waals surface area contributed by atoms with Crippen molar-refractivity contribution in [2.45, 2.75) is 0 Å². The molecule has 6 rings (SSSR count). The Morgan fingerprint density at radius 2 is 1.03 bits per heavy atom. The smallest absolute Gasteiger partial charge is 0.152 e. The zero-order chi connectivity index (χ0) is 24.9. The van der Waals surface area contributed by atoms with Gasteiger partial charge in [0.2, 0.25) is 0 Å². The van der Waals surface area contributed by atoms with Crippen LogP contribution in [-0.2, 0) is 0 Å². The first kappa shape index (κ1) is 22.4. The monoisotopic (exact) mass is 475 g/mol. The summed E-state index contributed by atoms with van der Waals surface area (Å²) < 4.78 is 0. The lowest BCUT2D eigenvalue weighted by molar-refractivity contribution is 1.19. The predicted molar refractivity (Wildman–Crippen MR) is 155 cm³/mol. The van der Waals surface area contributed by atoms with Crippen molar-refractivity contribution >= 4 is 40.1 Å². The summed E-state index contributed by atoms with van der Waals surface area (Å²) in [4.78, 5) is 11.3. The fraction of sp³-hybridized carbons (Fsp3) is 0. The number of aromatic nitrogens is 2. The molecule has 0 unspecified atom stereocenters. The fourth-order valence-corrected chi connectivity index (χ4v) is 4.43. The first-order valence-electron chi connectivity index (χ1n) is 12.3. The quantitative estimate of drug-likeness (QED) is 0.241. The summed E-state index contributed by atoms with van der Waals surface area (Å²) in [6, 6.07) is 46.2.